The van der Waals surface area contributed by atoms with Crippen molar-refractivity contribution in [1.82, 2.24) is 5.32 Å². The lowest BCUT2D eigenvalue weighted by atomic mass is 10.1. The van der Waals surface area contributed by atoms with Crippen molar-refractivity contribution < 1.29 is 4.79 Å². The first-order valence-electron chi connectivity index (χ1n) is 5.36. The van der Waals surface area contributed by atoms with E-state index in [1.54, 1.807) is 18.2 Å². The number of hydrogen-bond donors (Lipinski definition) is 2. The quantitative estimate of drug-likeness (QED) is 0.847. The molecule has 1 aromatic rings. The van der Waals surface area contributed by atoms with E-state index in [4.69, 9.17) is 17.3 Å². The summed E-state index contributed by atoms with van der Waals surface area (Å²) < 4.78 is 0. The van der Waals surface area contributed by atoms with E-state index in [1.807, 2.05) is 13.8 Å². The van der Waals surface area contributed by atoms with E-state index in [2.05, 4.69) is 5.32 Å². The van der Waals surface area contributed by atoms with Crippen molar-refractivity contribution in [3.05, 3.63) is 34.3 Å². The molecule has 1 rings (SSSR count). The van der Waals surface area contributed by atoms with Gasteiger partial charge in [0.2, 0.25) is 0 Å². The van der Waals surface area contributed by atoms with Gasteiger partial charge in [-0.3, -0.25) is 4.79 Å². The Morgan fingerprint density at radius 1 is 1.56 bits per heavy atom. The third-order valence-electron chi connectivity index (χ3n) is 2.62. The van der Waals surface area contributed by atoms with Crippen LogP contribution in [0.1, 0.15) is 29.3 Å². The zero-order valence-corrected chi connectivity index (χ0v) is 10.3. The molecule has 16 heavy (non-hydrogen) atoms. The molecule has 3 N–H and O–H groups in total. The molecule has 4 heteroatoms. The summed E-state index contributed by atoms with van der Waals surface area (Å²) in [6.45, 7) is 4.27. The van der Waals surface area contributed by atoms with Gasteiger partial charge >= 0.3 is 0 Å². The molecule has 0 aliphatic rings. The van der Waals surface area contributed by atoms with Gasteiger partial charge in [-0.05, 0) is 31.0 Å². The Morgan fingerprint density at radius 2 is 2.25 bits per heavy atom. The van der Waals surface area contributed by atoms with Gasteiger partial charge in [0.15, 0.2) is 0 Å². The molecular formula is C12H17ClN2O. The van der Waals surface area contributed by atoms with Gasteiger partial charge in [-0.1, -0.05) is 24.6 Å². The van der Waals surface area contributed by atoms with Gasteiger partial charge < -0.3 is 11.1 Å². The fraction of sp³-hybridized carbons (Fsp3) is 0.417. The molecular weight excluding hydrogens is 224 g/mol. The van der Waals surface area contributed by atoms with Crippen LogP contribution in [0.3, 0.4) is 0 Å². The first kappa shape index (κ1) is 13.0. The highest BCUT2D eigenvalue weighted by molar-refractivity contribution is 6.31. The SMILES string of the molecule is CCC(CN)NC(=O)c1cccc(Cl)c1C. The number of nitrogens with one attached hydrogen (secondary N) is 1. The van der Waals surface area contributed by atoms with Crippen LogP contribution in [0.2, 0.25) is 5.02 Å². The summed E-state index contributed by atoms with van der Waals surface area (Å²) >= 11 is 5.96. The average Bonchev–Trinajstić information content (AvgIpc) is 2.29. The predicted octanol–water partition coefficient (Wildman–Crippen LogP) is 2.12. The summed E-state index contributed by atoms with van der Waals surface area (Å²) in [6, 6.07) is 5.33. The number of nitrogens with two attached hydrogens (primary N) is 1. The Balaban J connectivity index is 2.84. The second kappa shape index (κ2) is 5.87. The fourth-order valence-corrected chi connectivity index (χ4v) is 1.62. The lowest BCUT2D eigenvalue weighted by molar-refractivity contribution is 0.0936. The van der Waals surface area contributed by atoms with E-state index in [0.29, 0.717) is 17.1 Å². The third kappa shape index (κ3) is 2.97. The van der Waals surface area contributed by atoms with Gasteiger partial charge in [-0.15, -0.1) is 0 Å². The van der Waals surface area contributed by atoms with Gasteiger partial charge in [0.25, 0.3) is 5.91 Å². The van der Waals surface area contributed by atoms with Crippen LogP contribution in [0.4, 0.5) is 0 Å². The molecule has 0 aliphatic carbocycles. The standard InChI is InChI=1S/C12H17ClN2O/c1-3-9(7-14)15-12(16)10-5-4-6-11(13)8(10)2/h4-6,9H,3,7,14H2,1-2H3,(H,15,16). The van der Waals surface area contributed by atoms with E-state index in [-0.39, 0.29) is 11.9 Å². The van der Waals surface area contributed by atoms with Gasteiger partial charge in [-0.25, -0.2) is 0 Å². The first-order valence-corrected chi connectivity index (χ1v) is 5.74. The molecule has 1 amide bonds. The molecule has 1 unspecified atom stereocenters. The highest BCUT2D eigenvalue weighted by Crippen LogP contribution is 2.18. The molecule has 0 saturated heterocycles. The van der Waals surface area contributed by atoms with E-state index < -0.39 is 0 Å². The van der Waals surface area contributed by atoms with Crippen molar-refractivity contribution in [2.45, 2.75) is 26.3 Å². The number of carbonyl (C=O) groups excluding carboxylic acids is 1. The summed E-state index contributed by atoms with van der Waals surface area (Å²) in [5.74, 6) is -0.114. The highest BCUT2D eigenvalue weighted by Gasteiger charge is 2.13. The summed E-state index contributed by atoms with van der Waals surface area (Å²) in [4.78, 5) is 11.9. The van der Waals surface area contributed by atoms with Crippen molar-refractivity contribution in [2.75, 3.05) is 6.54 Å². The normalized spacial score (nSPS) is 12.2. The molecule has 0 bridgehead atoms. The van der Waals surface area contributed by atoms with Gasteiger partial charge in [0.1, 0.15) is 0 Å². The number of halogens is 1. The Bertz CT molecular complexity index is 375. The average molecular weight is 241 g/mol. The Labute approximate surface area is 101 Å². The maximum atomic E-state index is 11.9. The van der Waals surface area contributed by atoms with E-state index >= 15 is 0 Å². The van der Waals surface area contributed by atoms with Crippen LogP contribution < -0.4 is 11.1 Å². The summed E-state index contributed by atoms with van der Waals surface area (Å²) in [5.41, 5.74) is 6.95. The number of benzene rings is 1. The highest BCUT2D eigenvalue weighted by atomic mass is 35.5. The maximum absolute atomic E-state index is 11.9. The van der Waals surface area contributed by atoms with Crippen LogP contribution >= 0.6 is 11.6 Å². The minimum absolute atomic E-state index is 0.0193. The number of rotatable bonds is 4. The van der Waals surface area contributed by atoms with Crippen LogP contribution in [0.25, 0.3) is 0 Å². The van der Waals surface area contributed by atoms with Crippen molar-refractivity contribution in [2.24, 2.45) is 5.73 Å². The van der Waals surface area contributed by atoms with Crippen LogP contribution in [-0.4, -0.2) is 18.5 Å². The molecule has 0 aromatic heterocycles. The van der Waals surface area contributed by atoms with Crippen LogP contribution in [0.5, 0.6) is 0 Å². The van der Waals surface area contributed by atoms with E-state index in [1.165, 1.54) is 0 Å². The largest absolute Gasteiger partial charge is 0.348 e. The lowest BCUT2D eigenvalue weighted by Gasteiger charge is -2.15. The van der Waals surface area contributed by atoms with E-state index in [0.717, 1.165) is 12.0 Å². The first-order chi connectivity index (χ1) is 7.60. The smallest absolute Gasteiger partial charge is 0.251 e. The summed E-state index contributed by atoms with van der Waals surface area (Å²) in [6.07, 6.45) is 0.821. The summed E-state index contributed by atoms with van der Waals surface area (Å²) in [5, 5.41) is 3.48. The lowest BCUT2D eigenvalue weighted by Crippen LogP contribution is -2.39. The molecule has 0 fully saturated rings. The molecule has 1 aromatic carbocycles. The van der Waals surface area contributed by atoms with E-state index in [9.17, 15) is 4.79 Å². The Hall–Kier alpha value is -1.06. The Kier molecular flexibility index (Phi) is 4.77. The molecule has 0 radical (unpaired) electrons. The zero-order valence-electron chi connectivity index (χ0n) is 9.59. The molecule has 0 saturated carbocycles. The van der Waals surface area contributed by atoms with Crippen molar-refractivity contribution >= 4 is 17.5 Å². The van der Waals surface area contributed by atoms with Crippen molar-refractivity contribution in [3.63, 3.8) is 0 Å². The molecule has 1 atom stereocenters. The minimum atomic E-state index is -0.114. The zero-order chi connectivity index (χ0) is 12.1. The predicted molar refractivity (Wildman–Crippen MR) is 66.8 cm³/mol. The fourth-order valence-electron chi connectivity index (χ4n) is 1.44. The molecule has 3 nitrogen and oxygen atoms in total. The number of carbonyl (C=O) groups is 1. The molecule has 88 valence electrons. The van der Waals surface area contributed by atoms with Gasteiger partial charge in [0, 0.05) is 23.2 Å². The van der Waals surface area contributed by atoms with Crippen molar-refractivity contribution in [1.29, 1.82) is 0 Å². The number of hydrogen-bond acceptors (Lipinski definition) is 2. The van der Waals surface area contributed by atoms with Gasteiger partial charge in [-0.2, -0.15) is 0 Å². The summed E-state index contributed by atoms with van der Waals surface area (Å²) in [7, 11) is 0. The Morgan fingerprint density at radius 3 is 2.81 bits per heavy atom. The van der Waals surface area contributed by atoms with Gasteiger partial charge in [0.05, 0.1) is 0 Å². The van der Waals surface area contributed by atoms with Crippen LogP contribution in [0.15, 0.2) is 18.2 Å². The topological polar surface area (TPSA) is 55.1 Å². The second-order valence-corrected chi connectivity index (χ2v) is 4.13. The molecule has 0 spiro atoms. The number of amides is 1. The maximum Gasteiger partial charge on any atom is 0.251 e. The van der Waals surface area contributed by atoms with Crippen LogP contribution in [0, 0.1) is 6.92 Å². The van der Waals surface area contributed by atoms with Crippen molar-refractivity contribution in [3.8, 4) is 0 Å². The monoisotopic (exact) mass is 240 g/mol. The molecule has 0 aliphatic heterocycles. The molecule has 0 heterocycles. The second-order valence-electron chi connectivity index (χ2n) is 3.73. The minimum Gasteiger partial charge on any atom is -0.348 e. The third-order valence-corrected chi connectivity index (χ3v) is 3.03. The van der Waals surface area contributed by atoms with Crippen LogP contribution in [-0.2, 0) is 0 Å².